The molecular weight excluding hydrogens is 290 g/mol. The molecule has 1 aliphatic heterocycles. The molecule has 1 saturated heterocycles. The van der Waals surface area contributed by atoms with Crippen molar-refractivity contribution in [1.82, 2.24) is 15.5 Å². The molecule has 2 amide bonds. The predicted molar refractivity (Wildman–Crippen MR) is 88.7 cm³/mol. The predicted octanol–water partition coefficient (Wildman–Crippen LogP) is 1.21. The number of likely N-dealkylation sites (tertiary alicyclic amines) is 1. The highest BCUT2D eigenvalue weighted by Crippen LogP contribution is 2.22. The number of amides is 2. The van der Waals surface area contributed by atoms with Gasteiger partial charge < -0.3 is 10.6 Å². The van der Waals surface area contributed by atoms with Crippen molar-refractivity contribution in [3.8, 4) is 0 Å². The maximum atomic E-state index is 12.1. The van der Waals surface area contributed by atoms with E-state index in [0.29, 0.717) is 25.7 Å². The molecule has 1 aliphatic carbocycles. The molecule has 2 aliphatic rings. The van der Waals surface area contributed by atoms with E-state index >= 15 is 0 Å². The molecule has 1 saturated carbocycles. The quantitative estimate of drug-likeness (QED) is 0.829. The summed E-state index contributed by atoms with van der Waals surface area (Å²) in [6, 6.07) is 8.57. The molecule has 0 aromatic heterocycles. The minimum atomic E-state index is 0.0221. The normalized spacial score (nSPS) is 21.2. The van der Waals surface area contributed by atoms with Gasteiger partial charge in [-0.25, -0.2) is 0 Å². The summed E-state index contributed by atoms with van der Waals surface area (Å²) in [5.74, 6) is 0.226. The van der Waals surface area contributed by atoms with Crippen LogP contribution in [0.3, 0.4) is 0 Å². The Balaban J connectivity index is 1.38. The van der Waals surface area contributed by atoms with Gasteiger partial charge in [0.15, 0.2) is 0 Å². The van der Waals surface area contributed by atoms with Crippen LogP contribution in [0.1, 0.15) is 30.4 Å². The lowest BCUT2D eigenvalue weighted by Crippen LogP contribution is -2.38. The summed E-state index contributed by atoms with van der Waals surface area (Å²) in [6.07, 6.45) is 3.08. The summed E-state index contributed by atoms with van der Waals surface area (Å²) < 4.78 is 0. The molecule has 0 bridgehead atoms. The Kier molecular flexibility index (Phi) is 4.96. The lowest BCUT2D eigenvalue weighted by atomic mass is 10.1. The van der Waals surface area contributed by atoms with E-state index in [4.69, 9.17) is 0 Å². The topological polar surface area (TPSA) is 61.4 Å². The highest BCUT2D eigenvalue weighted by atomic mass is 16.2. The number of hydrogen-bond acceptors (Lipinski definition) is 3. The van der Waals surface area contributed by atoms with E-state index in [1.54, 1.807) is 0 Å². The summed E-state index contributed by atoms with van der Waals surface area (Å²) in [5.41, 5.74) is 2.32. The van der Waals surface area contributed by atoms with Gasteiger partial charge in [0.2, 0.25) is 11.8 Å². The lowest BCUT2D eigenvalue weighted by Gasteiger charge is -2.15. The first-order valence-electron chi connectivity index (χ1n) is 8.45. The van der Waals surface area contributed by atoms with Gasteiger partial charge in [0.05, 0.1) is 12.5 Å². The van der Waals surface area contributed by atoms with Crippen molar-refractivity contribution in [1.29, 1.82) is 0 Å². The summed E-state index contributed by atoms with van der Waals surface area (Å²) in [7, 11) is 0. The Morgan fingerprint density at radius 1 is 1.17 bits per heavy atom. The van der Waals surface area contributed by atoms with E-state index in [0.717, 1.165) is 31.4 Å². The Hall–Kier alpha value is -1.88. The second-order valence-electron chi connectivity index (χ2n) is 6.77. The number of rotatable bonds is 6. The molecule has 1 heterocycles. The van der Waals surface area contributed by atoms with Crippen LogP contribution in [0.4, 0.5) is 0 Å². The average Bonchev–Trinajstić information content (AvgIpc) is 3.22. The van der Waals surface area contributed by atoms with Crippen LogP contribution in [-0.4, -0.2) is 42.4 Å². The average molecular weight is 315 g/mol. The van der Waals surface area contributed by atoms with Gasteiger partial charge >= 0.3 is 0 Å². The van der Waals surface area contributed by atoms with E-state index in [1.807, 2.05) is 31.2 Å². The maximum absolute atomic E-state index is 12.1. The van der Waals surface area contributed by atoms with Crippen LogP contribution in [-0.2, 0) is 16.1 Å². The monoisotopic (exact) mass is 315 g/mol. The van der Waals surface area contributed by atoms with Crippen LogP contribution in [0, 0.1) is 12.8 Å². The van der Waals surface area contributed by atoms with E-state index in [9.17, 15) is 9.59 Å². The van der Waals surface area contributed by atoms with Crippen molar-refractivity contribution in [3.63, 3.8) is 0 Å². The Morgan fingerprint density at radius 3 is 2.61 bits per heavy atom. The second-order valence-corrected chi connectivity index (χ2v) is 6.77. The van der Waals surface area contributed by atoms with Crippen molar-refractivity contribution in [2.75, 3.05) is 19.6 Å². The van der Waals surface area contributed by atoms with Crippen molar-refractivity contribution < 1.29 is 9.59 Å². The summed E-state index contributed by atoms with van der Waals surface area (Å²) in [5, 5.41) is 6.01. The lowest BCUT2D eigenvalue weighted by molar-refractivity contribution is -0.125. The van der Waals surface area contributed by atoms with E-state index in [1.165, 1.54) is 5.56 Å². The zero-order valence-electron chi connectivity index (χ0n) is 13.7. The molecule has 0 spiro atoms. The first kappa shape index (κ1) is 16.0. The molecular formula is C18H25N3O2. The number of benzene rings is 1. The Labute approximate surface area is 137 Å². The number of carbonyl (C=O) groups is 2. The molecule has 1 aromatic carbocycles. The number of hydrogen-bond donors (Lipinski definition) is 2. The molecule has 1 unspecified atom stereocenters. The molecule has 2 fully saturated rings. The zero-order chi connectivity index (χ0) is 16.2. The highest BCUT2D eigenvalue weighted by Gasteiger charge is 2.32. The van der Waals surface area contributed by atoms with Gasteiger partial charge in [-0.3, -0.25) is 14.5 Å². The van der Waals surface area contributed by atoms with Gasteiger partial charge in [-0.1, -0.05) is 29.8 Å². The number of nitrogens with one attached hydrogen (secondary N) is 2. The minimum Gasteiger partial charge on any atom is -0.353 e. The van der Waals surface area contributed by atoms with Crippen molar-refractivity contribution >= 4 is 11.8 Å². The SMILES string of the molecule is Cc1ccc(CNC(=O)CN2CCC(C(=O)NC3CC3)C2)cc1. The fraction of sp³-hybridized carbons (Fsp3) is 0.556. The van der Waals surface area contributed by atoms with Crippen LogP contribution in [0.5, 0.6) is 0 Å². The number of aryl methyl sites for hydroxylation is 1. The molecule has 124 valence electrons. The van der Waals surface area contributed by atoms with Gasteiger partial charge in [0.25, 0.3) is 0 Å². The van der Waals surface area contributed by atoms with Crippen LogP contribution in [0.15, 0.2) is 24.3 Å². The van der Waals surface area contributed by atoms with Crippen LogP contribution in [0.25, 0.3) is 0 Å². The summed E-state index contributed by atoms with van der Waals surface area (Å²) in [4.78, 5) is 26.1. The Bertz CT molecular complexity index is 566. The zero-order valence-corrected chi connectivity index (χ0v) is 13.7. The van der Waals surface area contributed by atoms with Gasteiger partial charge in [-0.05, 0) is 38.3 Å². The van der Waals surface area contributed by atoms with Gasteiger partial charge in [0.1, 0.15) is 0 Å². The fourth-order valence-corrected chi connectivity index (χ4v) is 2.90. The molecule has 2 N–H and O–H groups in total. The third kappa shape index (κ3) is 4.79. The van der Waals surface area contributed by atoms with Crippen molar-refractivity contribution in [2.24, 2.45) is 5.92 Å². The molecule has 0 radical (unpaired) electrons. The Morgan fingerprint density at radius 2 is 1.91 bits per heavy atom. The standard InChI is InChI=1S/C18H25N3O2/c1-13-2-4-14(5-3-13)10-19-17(22)12-21-9-8-15(11-21)18(23)20-16-6-7-16/h2-5,15-16H,6-12H2,1H3,(H,19,22)(H,20,23). The first-order valence-corrected chi connectivity index (χ1v) is 8.45. The number of carbonyl (C=O) groups excluding carboxylic acids is 2. The highest BCUT2D eigenvalue weighted by molar-refractivity contribution is 5.80. The number of nitrogens with zero attached hydrogens (tertiary/aromatic N) is 1. The largest absolute Gasteiger partial charge is 0.353 e. The van der Waals surface area contributed by atoms with Gasteiger partial charge in [0, 0.05) is 19.1 Å². The van der Waals surface area contributed by atoms with E-state index < -0.39 is 0 Å². The molecule has 5 heteroatoms. The first-order chi connectivity index (χ1) is 11.1. The van der Waals surface area contributed by atoms with E-state index in [-0.39, 0.29) is 17.7 Å². The van der Waals surface area contributed by atoms with Gasteiger partial charge in [-0.2, -0.15) is 0 Å². The molecule has 1 aromatic rings. The van der Waals surface area contributed by atoms with Crippen molar-refractivity contribution in [2.45, 2.75) is 38.8 Å². The molecule has 3 rings (SSSR count). The minimum absolute atomic E-state index is 0.0221. The van der Waals surface area contributed by atoms with Crippen molar-refractivity contribution in [3.05, 3.63) is 35.4 Å². The third-order valence-corrected chi connectivity index (χ3v) is 4.54. The van der Waals surface area contributed by atoms with Crippen LogP contribution < -0.4 is 10.6 Å². The molecule has 5 nitrogen and oxygen atoms in total. The third-order valence-electron chi connectivity index (χ3n) is 4.54. The van der Waals surface area contributed by atoms with Crippen LogP contribution >= 0.6 is 0 Å². The van der Waals surface area contributed by atoms with Crippen LogP contribution in [0.2, 0.25) is 0 Å². The summed E-state index contributed by atoms with van der Waals surface area (Å²) >= 11 is 0. The fourth-order valence-electron chi connectivity index (χ4n) is 2.90. The molecule has 23 heavy (non-hydrogen) atoms. The maximum Gasteiger partial charge on any atom is 0.234 e. The van der Waals surface area contributed by atoms with Gasteiger partial charge in [-0.15, -0.1) is 0 Å². The summed E-state index contributed by atoms with van der Waals surface area (Å²) in [6.45, 7) is 4.49. The molecule has 1 atom stereocenters. The van der Waals surface area contributed by atoms with E-state index in [2.05, 4.69) is 15.5 Å². The smallest absolute Gasteiger partial charge is 0.234 e. The second kappa shape index (κ2) is 7.13.